The second kappa shape index (κ2) is 34.0. The van der Waals surface area contributed by atoms with Gasteiger partial charge in [0.2, 0.25) is 0 Å². The molecule has 5 heteroatoms. The van der Waals surface area contributed by atoms with Crippen molar-refractivity contribution in [1.82, 2.24) is 9.13 Å². The van der Waals surface area contributed by atoms with Crippen LogP contribution < -0.4 is 26.2 Å². The molecule has 17 aromatic carbocycles. The predicted molar refractivity (Wildman–Crippen MR) is 597 cm³/mol. The van der Waals surface area contributed by atoms with Crippen molar-refractivity contribution >= 4 is 101 Å². The summed E-state index contributed by atoms with van der Waals surface area (Å²) in [5, 5.41) is 4.81. The Morgan fingerprint density at radius 2 is 0.478 bits per heavy atom. The third kappa shape index (κ3) is 17.1. The van der Waals surface area contributed by atoms with Crippen LogP contribution in [0.3, 0.4) is 0 Å². The lowest BCUT2D eigenvalue weighted by Gasteiger charge is -2.46. The van der Waals surface area contributed by atoms with Crippen LogP contribution in [0.1, 0.15) is 184 Å². The number of aromatic nitrogens is 2. The normalized spacial score (nSPS) is 13.2. The highest BCUT2D eigenvalue weighted by Gasteiger charge is 2.46. The van der Waals surface area contributed by atoms with E-state index in [-0.39, 0.29) is 44.6 Å². The van der Waals surface area contributed by atoms with Crippen LogP contribution >= 0.6 is 0 Å². The van der Waals surface area contributed by atoms with Gasteiger partial charge in [-0.05, 0) is 300 Å². The fourth-order valence-corrected chi connectivity index (χ4v) is 22.1. The molecule has 0 saturated carbocycles. The van der Waals surface area contributed by atoms with Crippen LogP contribution in [0.4, 0.5) is 34.1 Å². The SMILES string of the molecule is CC(C)(C)Cc1cc2c3c(c1)N(c1cc(-c4cccc(C(C)(C)C)c4)c(CC(C)(C)C)cc1-c1cccc(C(C)(C)C)c1)c1cc(-n4c5ccc(-c6ccccc6)cc5c5cc(-c6ccccc6)ccc54)ccc1B3c1ccc(-n3c4ccc(-c5ccccc5)cc4c4cc(-c5ccccc5)ccc43)cc1N2c1cc(-c2cccc(C(C)(C)C)c2)c(CC(C)(C)C)cc1-c1cccc(C(C)(C)C)c1. The van der Waals surface area contributed by atoms with Gasteiger partial charge in [-0.2, -0.15) is 0 Å². The first-order valence-electron chi connectivity index (χ1n) is 50.0. The fourth-order valence-electron chi connectivity index (χ4n) is 22.1. The summed E-state index contributed by atoms with van der Waals surface area (Å²) in [4.78, 5) is 5.61. The maximum atomic E-state index is 2.80. The zero-order valence-electron chi connectivity index (χ0n) is 84.6. The highest BCUT2D eigenvalue weighted by Crippen LogP contribution is 2.55. The fraction of sp³-hybridized carbons (Fsp3) is 0.233. The van der Waals surface area contributed by atoms with E-state index in [1.165, 1.54) is 177 Å². The number of benzene rings is 17. The quantitative estimate of drug-likeness (QED) is 0.0951. The molecule has 0 N–H and O–H groups in total. The molecule has 0 unspecified atom stereocenters. The van der Waals surface area contributed by atoms with Gasteiger partial charge >= 0.3 is 0 Å². The molecule has 138 heavy (non-hydrogen) atoms. The summed E-state index contributed by atoms with van der Waals surface area (Å²) in [7, 11) is 0. The van der Waals surface area contributed by atoms with Crippen LogP contribution in [-0.2, 0) is 40.9 Å². The van der Waals surface area contributed by atoms with Gasteiger partial charge in [0.05, 0.1) is 33.4 Å². The average molecular weight is 1790 g/mol. The van der Waals surface area contributed by atoms with E-state index in [9.17, 15) is 0 Å². The predicted octanol–water partition coefficient (Wildman–Crippen LogP) is 35.3. The number of rotatable bonds is 15. The molecule has 0 atom stereocenters. The summed E-state index contributed by atoms with van der Waals surface area (Å²) in [5.74, 6) is 0. The minimum Gasteiger partial charge on any atom is -0.311 e. The van der Waals surface area contributed by atoms with E-state index in [0.29, 0.717) is 0 Å². The van der Waals surface area contributed by atoms with E-state index in [0.717, 1.165) is 75.5 Å². The molecule has 0 amide bonds. The molecule has 0 bridgehead atoms. The van der Waals surface area contributed by atoms with Crippen molar-refractivity contribution in [3.05, 3.63) is 403 Å². The number of hydrogen-bond acceptors (Lipinski definition) is 2. The molecule has 19 aromatic rings. The largest absolute Gasteiger partial charge is 0.311 e. The van der Waals surface area contributed by atoms with E-state index in [1.807, 2.05) is 0 Å². The first-order chi connectivity index (χ1) is 65.8. The summed E-state index contributed by atoms with van der Waals surface area (Å²) in [5.41, 5.74) is 44.6. The van der Waals surface area contributed by atoms with E-state index in [4.69, 9.17) is 0 Å². The maximum absolute atomic E-state index is 2.80. The second-order valence-corrected chi connectivity index (χ2v) is 47.3. The highest BCUT2D eigenvalue weighted by atomic mass is 15.2. The van der Waals surface area contributed by atoms with E-state index >= 15 is 0 Å². The van der Waals surface area contributed by atoms with Crippen LogP contribution in [0.15, 0.2) is 364 Å². The van der Waals surface area contributed by atoms with Gasteiger partial charge in [0, 0.05) is 66.8 Å². The smallest absolute Gasteiger partial charge is 0.252 e. The van der Waals surface area contributed by atoms with Crippen LogP contribution in [0.25, 0.3) is 144 Å². The summed E-state index contributed by atoms with van der Waals surface area (Å²) in [6.45, 7) is 49.9. The van der Waals surface area contributed by atoms with Crippen LogP contribution in [0, 0.1) is 16.2 Å². The van der Waals surface area contributed by atoms with Gasteiger partial charge in [0.1, 0.15) is 0 Å². The van der Waals surface area contributed by atoms with Gasteiger partial charge in [-0.3, -0.25) is 0 Å². The molecule has 2 aliphatic heterocycles. The molecule has 21 rings (SSSR count). The summed E-state index contributed by atoms with van der Waals surface area (Å²) in [6.07, 6.45) is 2.49. The molecule has 0 spiro atoms. The third-order valence-corrected chi connectivity index (χ3v) is 28.8. The van der Waals surface area contributed by atoms with Crippen molar-refractivity contribution in [2.45, 2.75) is 186 Å². The lowest BCUT2D eigenvalue weighted by atomic mass is 9.33. The molecular weight excluding hydrogens is 1660 g/mol. The van der Waals surface area contributed by atoms with Crippen LogP contribution in [0.5, 0.6) is 0 Å². The van der Waals surface area contributed by atoms with E-state index in [2.05, 4.69) is 528 Å². The molecule has 2 aromatic heterocycles. The summed E-state index contributed by atoms with van der Waals surface area (Å²) in [6, 6.07) is 142. The van der Waals surface area contributed by atoms with Crippen molar-refractivity contribution in [2.24, 2.45) is 16.2 Å². The minimum absolute atomic E-state index is 0.0855. The lowest BCUT2D eigenvalue weighted by Crippen LogP contribution is -2.61. The van der Waals surface area contributed by atoms with Crippen molar-refractivity contribution in [1.29, 1.82) is 0 Å². The maximum Gasteiger partial charge on any atom is 0.252 e. The van der Waals surface area contributed by atoms with Crippen molar-refractivity contribution in [3.63, 3.8) is 0 Å². The first-order valence-corrected chi connectivity index (χ1v) is 50.0. The minimum atomic E-state index is -0.314. The van der Waals surface area contributed by atoms with Gasteiger partial charge < -0.3 is 18.9 Å². The van der Waals surface area contributed by atoms with Gasteiger partial charge in [-0.15, -0.1) is 0 Å². The molecule has 4 nitrogen and oxygen atoms in total. The van der Waals surface area contributed by atoms with Gasteiger partial charge in [-0.1, -0.05) is 400 Å². The standard InChI is InChI=1S/C133H129BN4/c1-127(2,3)82-85-66-124-126-125(67-85)138(121-81-107(95-47-35-51-101(69-95)131(13,14)15)99(84-129(7,8)9)77-109(121)97-49-37-53-103(71-97)133(19,20)21)123-79-105(136-118-64-56-92(88-42-30-24-31-43-88)74-112(118)113-75-93(57-65-119(113)136)89-44-32-25-33-45-89)59-61-115(123)134(126)114-60-58-104(135-116-62-54-90(86-38-26-22-27-39-86)72-110(116)111-73-91(55-63-117(111)135)87-40-28-23-29-41-87)78-122(114)137(124)120-80-106(94-46-34-50-100(68-94)130(10,11)12)98(83-128(4,5)6)76-108(120)96-48-36-52-102(70-96)132(16,17)18/h22-81H,82-84H2,1-21H3. The molecule has 0 aliphatic carbocycles. The van der Waals surface area contributed by atoms with Crippen molar-refractivity contribution in [3.8, 4) is 100 Å². The Labute approximate surface area is 819 Å². The van der Waals surface area contributed by atoms with E-state index < -0.39 is 0 Å². The average Bonchev–Trinajstić information content (AvgIpc) is 0.759. The first kappa shape index (κ1) is 90.5. The Balaban J connectivity index is 0.939. The number of anilines is 6. The van der Waals surface area contributed by atoms with Crippen molar-refractivity contribution < 1.29 is 0 Å². The molecule has 0 saturated heterocycles. The Morgan fingerprint density at radius 3 is 0.754 bits per heavy atom. The zero-order chi connectivity index (χ0) is 96.2. The van der Waals surface area contributed by atoms with Gasteiger partial charge in [0.25, 0.3) is 6.71 Å². The van der Waals surface area contributed by atoms with Crippen LogP contribution in [-0.4, -0.2) is 15.8 Å². The zero-order valence-corrected chi connectivity index (χ0v) is 84.6. The molecule has 4 heterocycles. The lowest BCUT2D eigenvalue weighted by molar-refractivity contribution is 0.411. The van der Waals surface area contributed by atoms with Gasteiger partial charge in [-0.25, -0.2) is 0 Å². The van der Waals surface area contributed by atoms with E-state index in [1.54, 1.807) is 0 Å². The third-order valence-electron chi connectivity index (χ3n) is 28.8. The number of hydrogen-bond donors (Lipinski definition) is 0. The topological polar surface area (TPSA) is 16.3 Å². The second-order valence-electron chi connectivity index (χ2n) is 47.3. The molecular formula is C133H129BN4. The monoisotopic (exact) mass is 1790 g/mol. The molecule has 0 fully saturated rings. The number of nitrogens with zero attached hydrogens (tertiary/aromatic N) is 4. The Hall–Kier alpha value is -14.0. The Bertz CT molecular complexity index is 7330. The van der Waals surface area contributed by atoms with Gasteiger partial charge in [0.15, 0.2) is 0 Å². The molecule has 0 radical (unpaired) electrons. The summed E-state index contributed by atoms with van der Waals surface area (Å²) >= 11 is 0. The number of fused-ring (bicyclic) bond motifs is 10. The Morgan fingerprint density at radius 1 is 0.203 bits per heavy atom. The Kier molecular flexibility index (Phi) is 22.3. The van der Waals surface area contributed by atoms with Crippen molar-refractivity contribution in [2.75, 3.05) is 9.80 Å². The molecule has 2 aliphatic rings. The summed E-state index contributed by atoms with van der Waals surface area (Å²) < 4.78 is 5.17. The highest BCUT2D eigenvalue weighted by molar-refractivity contribution is 7.00. The molecule has 684 valence electrons. The van der Waals surface area contributed by atoms with Crippen LogP contribution in [0.2, 0.25) is 0 Å².